The minimum Gasteiger partial charge on any atom is -0.354 e. The SMILES string of the molecule is CC(C)(C)c1ccc(S(=O)(=O)NC(Cc2ccc3ccccc3c2)C(=O)NCCC#N)cc1. The van der Waals surface area contributed by atoms with Crippen molar-refractivity contribution in [1.82, 2.24) is 10.0 Å². The number of benzene rings is 3. The lowest BCUT2D eigenvalue weighted by Crippen LogP contribution is -2.48. The highest BCUT2D eigenvalue weighted by Crippen LogP contribution is 2.24. The molecule has 172 valence electrons. The van der Waals surface area contributed by atoms with Crippen LogP contribution in [0.2, 0.25) is 0 Å². The van der Waals surface area contributed by atoms with Gasteiger partial charge in [0.2, 0.25) is 15.9 Å². The standard InChI is InChI=1S/C26H29N3O3S/c1-26(2,3)22-11-13-23(14-12-22)33(31,32)29-24(25(30)28-16-6-15-27)18-19-9-10-20-7-4-5-8-21(20)17-19/h4-5,7-14,17,24,29H,6,16,18H2,1-3H3,(H,28,30). The molecule has 0 fully saturated rings. The average Bonchev–Trinajstić information content (AvgIpc) is 2.78. The molecule has 3 aromatic carbocycles. The van der Waals surface area contributed by atoms with E-state index in [9.17, 15) is 13.2 Å². The quantitative estimate of drug-likeness (QED) is 0.492. The fourth-order valence-electron chi connectivity index (χ4n) is 3.54. The van der Waals surface area contributed by atoms with E-state index in [1.54, 1.807) is 24.3 Å². The molecule has 3 aromatic rings. The lowest BCUT2D eigenvalue weighted by atomic mass is 9.87. The lowest BCUT2D eigenvalue weighted by Gasteiger charge is -2.21. The maximum atomic E-state index is 13.1. The van der Waals surface area contributed by atoms with Crippen molar-refractivity contribution in [3.05, 3.63) is 77.9 Å². The van der Waals surface area contributed by atoms with Crippen LogP contribution in [0.25, 0.3) is 10.8 Å². The van der Waals surface area contributed by atoms with Gasteiger partial charge in [0.25, 0.3) is 0 Å². The number of hydrogen-bond donors (Lipinski definition) is 2. The molecule has 0 saturated heterocycles. The van der Waals surface area contributed by atoms with Gasteiger partial charge in [-0.25, -0.2) is 8.42 Å². The topological polar surface area (TPSA) is 99.1 Å². The number of nitrogens with zero attached hydrogens (tertiary/aromatic N) is 1. The molecule has 0 radical (unpaired) electrons. The van der Waals surface area contributed by atoms with Gasteiger partial charge in [0.05, 0.1) is 17.4 Å². The normalized spacial score (nSPS) is 12.8. The molecule has 6 nitrogen and oxygen atoms in total. The summed E-state index contributed by atoms with van der Waals surface area (Å²) in [5, 5.41) is 13.5. The number of sulfonamides is 1. The first-order valence-corrected chi connectivity index (χ1v) is 12.3. The minimum atomic E-state index is -3.94. The second kappa shape index (κ2) is 10.2. The van der Waals surface area contributed by atoms with Crippen molar-refractivity contribution in [2.75, 3.05) is 6.54 Å². The van der Waals surface area contributed by atoms with Crippen LogP contribution in [0.15, 0.2) is 71.6 Å². The smallest absolute Gasteiger partial charge is 0.241 e. The summed E-state index contributed by atoms with van der Waals surface area (Å²) < 4.78 is 28.8. The molecular formula is C26H29N3O3S. The molecule has 0 saturated carbocycles. The van der Waals surface area contributed by atoms with Crippen molar-refractivity contribution in [2.24, 2.45) is 0 Å². The molecule has 0 aromatic heterocycles. The monoisotopic (exact) mass is 463 g/mol. The Morgan fingerprint density at radius 3 is 2.30 bits per heavy atom. The van der Waals surface area contributed by atoms with Crippen molar-refractivity contribution in [1.29, 1.82) is 5.26 Å². The van der Waals surface area contributed by atoms with Crippen molar-refractivity contribution in [3.63, 3.8) is 0 Å². The highest BCUT2D eigenvalue weighted by Gasteiger charge is 2.26. The number of rotatable bonds is 8. The number of fused-ring (bicyclic) bond motifs is 1. The lowest BCUT2D eigenvalue weighted by molar-refractivity contribution is -0.122. The number of nitrogens with one attached hydrogen (secondary N) is 2. The first-order chi connectivity index (χ1) is 15.6. The number of nitriles is 1. The zero-order valence-corrected chi connectivity index (χ0v) is 19.9. The van der Waals surface area contributed by atoms with Crippen molar-refractivity contribution >= 4 is 26.7 Å². The van der Waals surface area contributed by atoms with Gasteiger partial charge in [-0.2, -0.15) is 9.98 Å². The Labute approximate surface area is 195 Å². The molecular weight excluding hydrogens is 434 g/mol. The molecule has 0 aliphatic heterocycles. The largest absolute Gasteiger partial charge is 0.354 e. The van der Waals surface area contributed by atoms with E-state index in [1.165, 1.54) is 0 Å². The summed E-state index contributed by atoms with van der Waals surface area (Å²) in [6.45, 7) is 6.32. The Bertz CT molecular complexity index is 1270. The van der Waals surface area contributed by atoms with Crippen LogP contribution in [0.1, 0.15) is 38.3 Å². The molecule has 0 spiro atoms. The first kappa shape index (κ1) is 24.4. The Morgan fingerprint density at radius 1 is 1.00 bits per heavy atom. The third-order valence-corrected chi connectivity index (χ3v) is 6.92. The Kier molecular flexibility index (Phi) is 7.52. The summed E-state index contributed by atoms with van der Waals surface area (Å²) in [5.74, 6) is -0.465. The van der Waals surface area contributed by atoms with Gasteiger partial charge in [-0.05, 0) is 45.9 Å². The Balaban J connectivity index is 1.86. The highest BCUT2D eigenvalue weighted by atomic mass is 32.2. The maximum absolute atomic E-state index is 13.1. The van der Waals surface area contributed by atoms with E-state index in [4.69, 9.17) is 5.26 Å². The van der Waals surface area contributed by atoms with E-state index >= 15 is 0 Å². The van der Waals surface area contributed by atoms with Crippen LogP contribution in [0.5, 0.6) is 0 Å². The fraction of sp³-hybridized carbons (Fsp3) is 0.308. The third kappa shape index (κ3) is 6.41. The number of carbonyl (C=O) groups is 1. The summed E-state index contributed by atoms with van der Waals surface area (Å²) in [7, 11) is -3.94. The first-order valence-electron chi connectivity index (χ1n) is 10.9. The third-order valence-electron chi connectivity index (χ3n) is 5.43. The fourth-order valence-corrected chi connectivity index (χ4v) is 4.74. The van der Waals surface area contributed by atoms with Gasteiger partial charge < -0.3 is 5.32 Å². The molecule has 33 heavy (non-hydrogen) atoms. The zero-order valence-electron chi connectivity index (χ0n) is 19.1. The molecule has 7 heteroatoms. The molecule has 0 aliphatic carbocycles. The molecule has 1 unspecified atom stereocenters. The van der Waals surface area contributed by atoms with Crippen molar-refractivity contribution in [3.8, 4) is 6.07 Å². The molecule has 3 rings (SSSR count). The summed E-state index contributed by atoms with van der Waals surface area (Å²) in [4.78, 5) is 12.9. The van der Waals surface area contributed by atoms with Crippen LogP contribution in [0.4, 0.5) is 0 Å². The summed E-state index contributed by atoms with van der Waals surface area (Å²) in [6, 6.07) is 21.3. The van der Waals surface area contributed by atoms with E-state index in [0.29, 0.717) is 0 Å². The molecule has 0 bridgehead atoms. The predicted molar refractivity (Wildman–Crippen MR) is 130 cm³/mol. The molecule has 0 aliphatic rings. The van der Waals surface area contributed by atoms with Crippen LogP contribution in [0, 0.1) is 11.3 Å². The van der Waals surface area contributed by atoms with Gasteiger partial charge in [-0.15, -0.1) is 0 Å². The highest BCUT2D eigenvalue weighted by molar-refractivity contribution is 7.89. The minimum absolute atomic E-state index is 0.101. The number of amides is 1. The zero-order chi connectivity index (χ0) is 24.1. The summed E-state index contributed by atoms with van der Waals surface area (Å²) in [5.41, 5.74) is 1.75. The van der Waals surface area contributed by atoms with Gasteiger partial charge >= 0.3 is 0 Å². The summed E-state index contributed by atoms with van der Waals surface area (Å²) in [6.07, 6.45) is 0.331. The van der Waals surface area contributed by atoms with Gasteiger partial charge in [-0.1, -0.05) is 75.4 Å². The van der Waals surface area contributed by atoms with E-state index in [-0.39, 0.29) is 29.7 Å². The summed E-state index contributed by atoms with van der Waals surface area (Å²) >= 11 is 0. The van der Waals surface area contributed by atoms with Crippen molar-refractivity contribution < 1.29 is 13.2 Å². The Morgan fingerprint density at radius 2 is 1.67 bits per heavy atom. The van der Waals surface area contributed by atoms with E-state index in [2.05, 4.69) is 30.8 Å². The molecule has 2 N–H and O–H groups in total. The van der Waals surface area contributed by atoms with Crippen LogP contribution >= 0.6 is 0 Å². The molecule has 1 atom stereocenters. The Hall–Kier alpha value is -3.21. The van der Waals surface area contributed by atoms with Gasteiger partial charge in [0, 0.05) is 6.54 Å². The second-order valence-electron chi connectivity index (χ2n) is 9.03. The molecule has 1 amide bonds. The maximum Gasteiger partial charge on any atom is 0.241 e. The average molecular weight is 464 g/mol. The van der Waals surface area contributed by atoms with Crippen LogP contribution in [-0.4, -0.2) is 26.9 Å². The number of hydrogen-bond acceptors (Lipinski definition) is 4. The van der Waals surface area contributed by atoms with E-state index < -0.39 is 22.0 Å². The predicted octanol–water partition coefficient (Wildman–Crippen LogP) is 4.06. The van der Waals surface area contributed by atoms with Gasteiger partial charge in [-0.3, -0.25) is 4.79 Å². The van der Waals surface area contributed by atoms with E-state index in [1.807, 2.05) is 48.5 Å². The van der Waals surface area contributed by atoms with Gasteiger partial charge in [0.1, 0.15) is 6.04 Å². The van der Waals surface area contributed by atoms with Crippen molar-refractivity contribution in [2.45, 2.75) is 50.0 Å². The van der Waals surface area contributed by atoms with Crippen LogP contribution in [0.3, 0.4) is 0 Å². The van der Waals surface area contributed by atoms with Crippen LogP contribution < -0.4 is 10.0 Å². The number of carbonyl (C=O) groups excluding carboxylic acids is 1. The second-order valence-corrected chi connectivity index (χ2v) is 10.7. The van der Waals surface area contributed by atoms with E-state index in [0.717, 1.165) is 21.9 Å². The van der Waals surface area contributed by atoms with Crippen LogP contribution in [-0.2, 0) is 26.7 Å². The molecule has 0 heterocycles. The van der Waals surface area contributed by atoms with Gasteiger partial charge in [0.15, 0.2) is 0 Å².